The first-order chi connectivity index (χ1) is 7.06. The largest absolute Gasteiger partial charge is 0.481 e. The van der Waals surface area contributed by atoms with Gasteiger partial charge < -0.3 is 20.2 Å². The molecule has 0 radical (unpaired) electrons. The monoisotopic (exact) mass is 219 g/mol. The average molecular weight is 219 g/mol. The molecule has 0 saturated heterocycles. The normalized spacial score (nSPS) is 10.5. The Morgan fingerprint density at radius 1 is 0.933 bits per heavy atom. The van der Waals surface area contributed by atoms with Gasteiger partial charge in [-0.25, -0.2) is 0 Å². The summed E-state index contributed by atoms with van der Waals surface area (Å²) < 4.78 is 0. The van der Waals surface area contributed by atoms with Crippen LogP contribution in [0.15, 0.2) is 0 Å². The van der Waals surface area contributed by atoms with Crippen molar-refractivity contribution in [2.45, 2.75) is 19.3 Å². The lowest BCUT2D eigenvalue weighted by atomic mass is 10.2. The van der Waals surface area contributed by atoms with Gasteiger partial charge in [0, 0.05) is 19.5 Å². The van der Waals surface area contributed by atoms with Crippen LogP contribution < -0.4 is 0 Å². The molecule has 0 fully saturated rings. The van der Waals surface area contributed by atoms with Crippen molar-refractivity contribution in [1.29, 1.82) is 0 Å². The Labute approximate surface area is 88.1 Å². The molecular formula is C9H17NO5. The van der Waals surface area contributed by atoms with Crippen LogP contribution in [0.4, 0.5) is 0 Å². The van der Waals surface area contributed by atoms with Crippen molar-refractivity contribution in [1.82, 2.24) is 4.90 Å². The molecule has 0 heterocycles. The van der Waals surface area contributed by atoms with Crippen molar-refractivity contribution in [3.05, 3.63) is 0 Å². The third-order valence-electron chi connectivity index (χ3n) is 1.92. The number of aliphatic hydroxyl groups excluding tert-OH is 1. The van der Waals surface area contributed by atoms with E-state index in [2.05, 4.69) is 0 Å². The number of hydrogen-bond donors (Lipinski definition) is 3. The summed E-state index contributed by atoms with van der Waals surface area (Å²) in [5.74, 6) is -1.76. The van der Waals surface area contributed by atoms with Gasteiger partial charge in [-0.1, -0.05) is 0 Å². The van der Waals surface area contributed by atoms with Crippen LogP contribution in [-0.4, -0.2) is 58.4 Å². The Bertz CT molecular complexity index is 207. The number of rotatable bonds is 9. The predicted octanol–water partition coefficient (Wildman–Crippen LogP) is -0.380. The number of carboxylic acids is 2. The van der Waals surface area contributed by atoms with E-state index in [9.17, 15) is 9.59 Å². The van der Waals surface area contributed by atoms with Gasteiger partial charge in [-0.3, -0.25) is 9.59 Å². The lowest BCUT2D eigenvalue weighted by molar-refractivity contribution is -0.138. The van der Waals surface area contributed by atoms with Gasteiger partial charge in [-0.05, 0) is 13.0 Å². The Balaban J connectivity index is 3.71. The van der Waals surface area contributed by atoms with E-state index in [1.807, 2.05) is 0 Å². The fourth-order valence-electron chi connectivity index (χ4n) is 1.18. The third-order valence-corrected chi connectivity index (χ3v) is 1.92. The second-order valence-corrected chi connectivity index (χ2v) is 3.21. The van der Waals surface area contributed by atoms with Crippen molar-refractivity contribution in [3.8, 4) is 0 Å². The summed E-state index contributed by atoms with van der Waals surface area (Å²) in [6.07, 6.45) is 0.539. The van der Waals surface area contributed by atoms with Crippen LogP contribution in [0.25, 0.3) is 0 Å². The summed E-state index contributed by atoms with van der Waals surface area (Å²) in [4.78, 5) is 22.3. The fraction of sp³-hybridized carbons (Fsp3) is 0.778. The average Bonchev–Trinajstić information content (AvgIpc) is 2.13. The topological polar surface area (TPSA) is 98.1 Å². The van der Waals surface area contributed by atoms with Crippen molar-refractivity contribution in [2.75, 3.05) is 26.2 Å². The molecule has 0 bridgehead atoms. The molecule has 0 atom stereocenters. The van der Waals surface area contributed by atoms with E-state index in [0.717, 1.165) is 0 Å². The second-order valence-electron chi connectivity index (χ2n) is 3.21. The van der Waals surface area contributed by atoms with Gasteiger partial charge >= 0.3 is 11.9 Å². The van der Waals surface area contributed by atoms with Gasteiger partial charge in [0.25, 0.3) is 0 Å². The van der Waals surface area contributed by atoms with E-state index in [1.165, 1.54) is 0 Å². The van der Waals surface area contributed by atoms with Crippen molar-refractivity contribution >= 4 is 11.9 Å². The number of hydrogen-bond acceptors (Lipinski definition) is 4. The van der Waals surface area contributed by atoms with Gasteiger partial charge in [-0.2, -0.15) is 0 Å². The number of nitrogens with zero attached hydrogens (tertiary/aromatic N) is 1. The van der Waals surface area contributed by atoms with Crippen LogP contribution in [0.5, 0.6) is 0 Å². The Hall–Kier alpha value is -1.14. The molecule has 0 unspecified atom stereocenters. The maximum absolute atomic E-state index is 10.3. The summed E-state index contributed by atoms with van der Waals surface area (Å²) in [7, 11) is 0. The predicted molar refractivity (Wildman–Crippen MR) is 52.6 cm³/mol. The zero-order chi connectivity index (χ0) is 11.7. The molecule has 3 N–H and O–H groups in total. The molecule has 15 heavy (non-hydrogen) atoms. The van der Waals surface area contributed by atoms with Crippen molar-refractivity contribution in [2.24, 2.45) is 0 Å². The smallest absolute Gasteiger partial charge is 0.304 e. The van der Waals surface area contributed by atoms with Crippen LogP contribution in [0.2, 0.25) is 0 Å². The molecule has 0 aliphatic carbocycles. The molecule has 6 nitrogen and oxygen atoms in total. The number of aliphatic hydroxyl groups is 1. The van der Waals surface area contributed by atoms with Crippen molar-refractivity contribution < 1.29 is 24.9 Å². The Morgan fingerprint density at radius 2 is 1.53 bits per heavy atom. The van der Waals surface area contributed by atoms with Crippen LogP contribution in [0.1, 0.15) is 19.3 Å². The first kappa shape index (κ1) is 13.9. The zero-order valence-electron chi connectivity index (χ0n) is 8.56. The summed E-state index contributed by atoms with van der Waals surface area (Å²) in [5.41, 5.74) is 0. The molecule has 0 saturated carbocycles. The third kappa shape index (κ3) is 9.17. The van der Waals surface area contributed by atoms with E-state index in [4.69, 9.17) is 15.3 Å². The first-order valence-corrected chi connectivity index (χ1v) is 4.83. The Morgan fingerprint density at radius 3 is 2.00 bits per heavy atom. The SMILES string of the molecule is O=C(O)CCCN(CCO)CCC(=O)O. The molecule has 0 rings (SSSR count). The summed E-state index contributed by atoms with van der Waals surface area (Å²) in [6, 6.07) is 0. The number of carbonyl (C=O) groups is 2. The van der Waals surface area contributed by atoms with Crippen LogP contribution in [0, 0.1) is 0 Å². The summed E-state index contributed by atoms with van der Waals surface area (Å²) >= 11 is 0. The Kier molecular flexibility index (Phi) is 7.57. The maximum atomic E-state index is 10.3. The highest BCUT2D eigenvalue weighted by atomic mass is 16.4. The fourth-order valence-corrected chi connectivity index (χ4v) is 1.18. The highest BCUT2D eigenvalue weighted by molar-refractivity contribution is 5.67. The van der Waals surface area contributed by atoms with E-state index < -0.39 is 11.9 Å². The van der Waals surface area contributed by atoms with Crippen LogP contribution >= 0.6 is 0 Å². The minimum atomic E-state index is -0.892. The molecular weight excluding hydrogens is 202 g/mol. The summed E-state index contributed by atoms with van der Waals surface area (Å²) in [5, 5.41) is 25.6. The van der Waals surface area contributed by atoms with E-state index >= 15 is 0 Å². The molecule has 0 aromatic carbocycles. The minimum Gasteiger partial charge on any atom is -0.481 e. The standard InChI is InChI=1S/C9H17NO5/c11-7-6-10(5-3-9(14)15)4-1-2-8(12)13/h11H,1-7H2,(H,12,13)(H,14,15). The molecule has 0 aliphatic rings. The van der Waals surface area contributed by atoms with E-state index in [0.29, 0.717) is 26.1 Å². The molecule has 0 aliphatic heterocycles. The molecule has 0 amide bonds. The van der Waals surface area contributed by atoms with Gasteiger partial charge in [0.1, 0.15) is 0 Å². The second kappa shape index (κ2) is 8.19. The lowest BCUT2D eigenvalue weighted by Crippen LogP contribution is -2.30. The van der Waals surface area contributed by atoms with E-state index in [-0.39, 0.29) is 19.4 Å². The highest BCUT2D eigenvalue weighted by Crippen LogP contribution is 1.97. The number of aliphatic carboxylic acids is 2. The van der Waals surface area contributed by atoms with Crippen LogP contribution in [-0.2, 0) is 9.59 Å². The molecule has 0 aromatic heterocycles. The molecule has 0 aromatic rings. The quantitative estimate of drug-likeness (QED) is 0.489. The van der Waals surface area contributed by atoms with E-state index in [1.54, 1.807) is 4.90 Å². The highest BCUT2D eigenvalue weighted by Gasteiger charge is 2.07. The number of carboxylic acid groups (broad SMARTS) is 2. The lowest BCUT2D eigenvalue weighted by Gasteiger charge is -2.19. The van der Waals surface area contributed by atoms with Crippen molar-refractivity contribution in [3.63, 3.8) is 0 Å². The molecule has 88 valence electrons. The molecule has 6 heteroatoms. The maximum Gasteiger partial charge on any atom is 0.304 e. The summed E-state index contributed by atoms with van der Waals surface area (Å²) in [6.45, 7) is 1.18. The first-order valence-electron chi connectivity index (χ1n) is 4.83. The van der Waals surface area contributed by atoms with Gasteiger partial charge in [0.2, 0.25) is 0 Å². The van der Waals surface area contributed by atoms with Crippen LogP contribution in [0.3, 0.4) is 0 Å². The molecule has 0 spiro atoms. The van der Waals surface area contributed by atoms with Gasteiger partial charge in [0.15, 0.2) is 0 Å². The van der Waals surface area contributed by atoms with Gasteiger partial charge in [0.05, 0.1) is 13.0 Å². The van der Waals surface area contributed by atoms with Gasteiger partial charge in [-0.15, -0.1) is 0 Å². The minimum absolute atomic E-state index is 0.00702. The zero-order valence-corrected chi connectivity index (χ0v) is 8.56.